The van der Waals surface area contributed by atoms with Gasteiger partial charge in [-0.05, 0) is 44.0 Å². The van der Waals surface area contributed by atoms with Gasteiger partial charge in [0.2, 0.25) is 0 Å². The number of benzene rings is 1. The summed E-state index contributed by atoms with van der Waals surface area (Å²) >= 11 is 0. The Morgan fingerprint density at radius 3 is 2.48 bits per heavy atom. The molecule has 0 radical (unpaired) electrons. The summed E-state index contributed by atoms with van der Waals surface area (Å²) in [5, 5.41) is 0. The van der Waals surface area contributed by atoms with Crippen LogP contribution in [0.1, 0.15) is 55.5 Å². The highest BCUT2D eigenvalue weighted by molar-refractivity contribution is 5.89. The van der Waals surface area contributed by atoms with E-state index in [4.69, 9.17) is 4.74 Å². The molecule has 1 aromatic rings. The van der Waals surface area contributed by atoms with E-state index >= 15 is 0 Å². The molecular weight excluding hydrogens is 260 g/mol. The molecular formula is C19H22O2. The van der Waals surface area contributed by atoms with Crippen molar-refractivity contribution in [1.82, 2.24) is 0 Å². The quantitative estimate of drug-likeness (QED) is 0.332. The molecule has 1 rings (SSSR count). The zero-order valence-electron chi connectivity index (χ0n) is 12.9. The lowest BCUT2D eigenvalue weighted by Gasteiger charge is -2.01. The fourth-order valence-electron chi connectivity index (χ4n) is 1.80. The summed E-state index contributed by atoms with van der Waals surface area (Å²) in [6.45, 7) is 8.03. The Balaban J connectivity index is 2.69. The summed E-state index contributed by atoms with van der Waals surface area (Å²) in [6.07, 6.45) is 4.42. The first kappa shape index (κ1) is 16.8. The average molecular weight is 282 g/mol. The van der Waals surface area contributed by atoms with Crippen LogP contribution in [0.3, 0.4) is 0 Å². The Morgan fingerprint density at radius 1 is 1.19 bits per heavy atom. The van der Waals surface area contributed by atoms with E-state index in [0.29, 0.717) is 12.2 Å². The lowest BCUT2D eigenvalue weighted by atomic mass is 10.1. The highest BCUT2D eigenvalue weighted by Crippen LogP contribution is 2.08. The second kappa shape index (κ2) is 9.64. The van der Waals surface area contributed by atoms with Gasteiger partial charge in [-0.15, -0.1) is 5.73 Å². The second-order valence-corrected chi connectivity index (χ2v) is 4.66. The number of allylic oxidation sites excluding steroid dienone is 1. The van der Waals surface area contributed by atoms with E-state index in [1.54, 1.807) is 19.1 Å². The van der Waals surface area contributed by atoms with Gasteiger partial charge < -0.3 is 4.74 Å². The van der Waals surface area contributed by atoms with Gasteiger partial charge in [0, 0.05) is 11.1 Å². The molecule has 1 aromatic carbocycles. The third kappa shape index (κ3) is 6.17. The largest absolute Gasteiger partial charge is 0.462 e. The van der Waals surface area contributed by atoms with Gasteiger partial charge in [0.1, 0.15) is 0 Å². The fraction of sp³-hybridized carbons (Fsp3) is 0.368. The molecule has 0 aliphatic rings. The van der Waals surface area contributed by atoms with Gasteiger partial charge in [-0.1, -0.05) is 38.2 Å². The third-order valence-corrected chi connectivity index (χ3v) is 3.00. The number of hydrogen-bond acceptors (Lipinski definition) is 2. The minimum Gasteiger partial charge on any atom is -0.462 e. The molecule has 0 heterocycles. The van der Waals surface area contributed by atoms with Crippen LogP contribution >= 0.6 is 0 Å². The van der Waals surface area contributed by atoms with Crippen LogP contribution < -0.4 is 0 Å². The zero-order chi connectivity index (χ0) is 15.5. The Labute approximate surface area is 127 Å². The minimum absolute atomic E-state index is 0.303. The van der Waals surface area contributed by atoms with Crippen LogP contribution in [0.2, 0.25) is 0 Å². The van der Waals surface area contributed by atoms with Crippen LogP contribution in [0.25, 0.3) is 0 Å². The maximum absolute atomic E-state index is 11.5. The van der Waals surface area contributed by atoms with Crippen LogP contribution in [0.5, 0.6) is 0 Å². The maximum Gasteiger partial charge on any atom is 0.338 e. The molecule has 2 heteroatoms. The summed E-state index contributed by atoms with van der Waals surface area (Å²) in [4.78, 5) is 11.5. The van der Waals surface area contributed by atoms with E-state index < -0.39 is 0 Å². The van der Waals surface area contributed by atoms with Crippen molar-refractivity contribution in [2.45, 2.75) is 39.5 Å². The van der Waals surface area contributed by atoms with E-state index in [1.165, 1.54) is 12.8 Å². The van der Waals surface area contributed by atoms with Crippen LogP contribution in [0.4, 0.5) is 0 Å². The first-order valence-electron chi connectivity index (χ1n) is 7.39. The summed E-state index contributed by atoms with van der Waals surface area (Å²) < 4.78 is 4.94. The topological polar surface area (TPSA) is 26.3 Å². The average Bonchev–Trinajstić information content (AvgIpc) is 2.51. The molecule has 0 amide bonds. The van der Waals surface area contributed by atoms with Crippen LogP contribution in [-0.2, 0) is 4.74 Å². The van der Waals surface area contributed by atoms with Crippen LogP contribution in [-0.4, -0.2) is 12.6 Å². The molecule has 0 bridgehead atoms. The molecule has 0 aromatic heterocycles. The number of hydrogen-bond donors (Lipinski definition) is 0. The Bertz CT molecular complexity index is 564. The highest BCUT2D eigenvalue weighted by Gasteiger charge is 2.04. The van der Waals surface area contributed by atoms with Gasteiger partial charge in [-0.2, -0.15) is 0 Å². The summed E-state index contributed by atoms with van der Waals surface area (Å²) in [5.74, 6) is 5.87. The summed E-state index contributed by atoms with van der Waals surface area (Å²) in [5.41, 5.74) is 5.25. The molecule has 110 valence electrons. The van der Waals surface area contributed by atoms with E-state index in [9.17, 15) is 4.79 Å². The van der Waals surface area contributed by atoms with Gasteiger partial charge in [-0.25, -0.2) is 4.79 Å². The van der Waals surface area contributed by atoms with Gasteiger partial charge in [-0.3, -0.25) is 0 Å². The third-order valence-electron chi connectivity index (χ3n) is 3.00. The molecule has 2 nitrogen and oxygen atoms in total. The molecule has 0 spiro atoms. The molecule has 0 saturated carbocycles. The van der Waals surface area contributed by atoms with Crippen LogP contribution in [0.15, 0.2) is 42.1 Å². The Kier molecular flexibility index (Phi) is 7.72. The van der Waals surface area contributed by atoms with Gasteiger partial charge in [0.05, 0.1) is 12.2 Å². The molecule has 0 aliphatic carbocycles. The first-order valence-corrected chi connectivity index (χ1v) is 7.39. The molecule has 0 fully saturated rings. The molecule has 0 atom stereocenters. The van der Waals surface area contributed by atoms with Crippen molar-refractivity contribution in [1.29, 1.82) is 0 Å². The minimum atomic E-state index is -0.303. The lowest BCUT2D eigenvalue weighted by Crippen LogP contribution is -2.04. The number of carbonyl (C=O) groups is 1. The molecule has 21 heavy (non-hydrogen) atoms. The van der Waals surface area contributed by atoms with E-state index in [-0.39, 0.29) is 5.97 Å². The standard InChI is InChI=1S/C19H22O2/c1-4-7-8-9-16(5-2)10-11-17-12-14-18(15-13-17)19(20)21-6-3/h12-15H,2,4,6-9H2,1,3H3. The van der Waals surface area contributed by atoms with Crippen molar-refractivity contribution in [3.8, 4) is 11.8 Å². The number of unbranched alkanes of at least 4 members (excludes halogenated alkanes) is 2. The second-order valence-electron chi connectivity index (χ2n) is 4.66. The predicted molar refractivity (Wildman–Crippen MR) is 86.1 cm³/mol. The SMILES string of the molecule is C=C=C(C#Cc1ccc(C(=O)OCC)cc1)CCCCC. The lowest BCUT2D eigenvalue weighted by molar-refractivity contribution is 0.0526. The molecule has 0 saturated heterocycles. The van der Waals surface area contributed by atoms with Gasteiger partial charge >= 0.3 is 5.97 Å². The highest BCUT2D eigenvalue weighted by atomic mass is 16.5. The van der Waals surface area contributed by atoms with E-state index in [1.807, 2.05) is 12.1 Å². The van der Waals surface area contributed by atoms with Gasteiger partial charge in [0.15, 0.2) is 0 Å². The number of rotatable bonds is 6. The molecule has 0 N–H and O–H groups in total. The fourth-order valence-corrected chi connectivity index (χ4v) is 1.80. The predicted octanol–water partition coefficient (Wildman–Crippen LogP) is 4.51. The van der Waals surface area contributed by atoms with E-state index in [2.05, 4.69) is 31.1 Å². The zero-order valence-corrected chi connectivity index (χ0v) is 12.9. The molecule has 0 unspecified atom stereocenters. The monoisotopic (exact) mass is 282 g/mol. The Morgan fingerprint density at radius 2 is 1.90 bits per heavy atom. The van der Waals surface area contributed by atoms with Crippen molar-refractivity contribution >= 4 is 5.97 Å². The van der Waals surface area contributed by atoms with E-state index in [0.717, 1.165) is 24.0 Å². The normalized spacial score (nSPS) is 9.24. The maximum atomic E-state index is 11.5. The molecule has 0 aliphatic heterocycles. The van der Waals surface area contributed by atoms with Crippen molar-refractivity contribution in [2.75, 3.05) is 6.61 Å². The number of ether oxygens (including phenoxy) is 1. The summed E-state index contributed by atoms with van der Waals surface area (Å²) in [6, 6.07) is 7.12. The summed E-state index contributed by atoms with van der Waals surface area (Å²) in [7, 11) is 0. The van der Waals surface area contributed by atoms with Crippen molar-refractivity contribution in [3.05, 3.63) is 53.3 Å². The smallest absolute Gasteiger partial charge is 0.338 e. The first-order chi connectivity index (χ1) is 10.2. The van der Waals surface area contributed by atoms with Crippen LogP contribution in [0, 0.1) is 11.8 Å². The number of esters is 1. The van der Waals surface area contributed by atoms with Gasteiger partial charge in [0.25, 0.3) is 0 Å². The van der Waals surface area contributed by atoms with Crippen molar-refractivity contribution < 1.29 is 9.53 Å². The number of carbonyl (C=O) groups excluding carboxylic acids is 1. The van der Waals surface area contributed by atoms with Crippen molar-refractivity contribution in [2.24, 2.45) is 0 Å². The Hall–Kier alpha value is -2.23. The van der Waals surface area contributed by atoms with Crippen molar-refractivity contribution in [3.63, 3.8) is 0 Å².